The molecule has 1 aliphatic rings. The van der Waals surface area contributed by atoms with E-state index in [9.17, 15) is 9.59 Å². The summed E-state index contributed by atoms with van der Waals surface area (Å²) in [5, 5.41) is 0. The molecule has 0 unspecified atom stereocenters. The third kappa shape index (κ3) is 3.59. The summed E-state index contributed by atoms with van der Waals surface area (Å²) in [6, 6.07) is 13.2. The molecular formula is C18H21N3O3. The normalized spacial score (nSPS) is 14.5. The number of hydrogen-bond donors (Lipinski definition) is 0. The number of piperazine rings is 1. The Kier molecular flexibility index (Phi) is 4.84. The molecule has 1 aliphatic heterocycles. The molecule has 3 rings (SSSR count). The Bertz CT molecular complexity index is 677. The van der Waals surface area contributed by atoms with Gasteiger partial charge in [-0.15, -0.1) is 0 Å². The SMILES string of the molecule is CN(Cc1ccccc1)C(=O)N1CCN(C(=O)c2ccco2)CC1. The molecule has 2 heterocycles. The fraction of sp³-hybridized carbons (Fsp3) is 0.333. The van der Waals surface area contributed by atoms with Crippen molar-refractivity contribution in [1.82, 2.24) is 14.7 Å². The third-order valence-electron chi connectivity index (χ3n) is 4.16. The summed E-state index contributed by atoms with van der Waals surface area (Å²) in [6.07, 6.45) is 1.49. The Balaban J connectivity index is 1.52. The maximum atomic E-state index is 12.5. The number of urea groups is 1. The maximum Gasteiger partial charge on any atom is 0.320 e. The van der Waals surface area contributed by atoms with Crippen molar-refractivity contribution in [3.05, 3.63) is 60.1 Å². The molecule has 0 radical (unpaired) electrons. The van der Waals surface area contributed by atoms with E-state index in [0.29, 0.717) is 38.5 Å². The first-order valence-corrected chi connectivity index (χ1v) is 8.02. The highest BCUT2D eigenvalue weighted by Crippen LogP contribution is 2.12. The van der Waals surface area contributed by atoms with Crippen molar-refractivity contribution in [2.75, 3.05) is 33.2 Å². The largest absolute Gasteiger partial charge is 0.459 e. The number of benzene rings is 1. The lowest BCUT2D eigenvalue weighted by atomic mass is 10.2. The van der Waals surface area contributed by atoms with Gasteiger partial charge in [-0.25, -0.2) is 4.79 Å². The molecule has 1 saturated heterocycles. The number of rotatable bonds is 3. The van der Waals surface area contributed by atoms with Crippen molar-refractivity contribution in [3.63, 3.8) is 0 Å². The van der Waals surface area contributed by atoms with Crippen LogP contribution in [0.1, 0.15) is 16.1 Å². The first-order valence-electron chi connectivity index (χ1n) is 8.02. The van der Waals surface area contributed by atoms with E-state index in [0.717, 1.165) is 5.56 Å². The van der Waals surface area contributed by atoms with Crippen molar-refractivity contribution < 1.29 is 14.0 Å². The van der Waals surface area contributed by atoms with Crippen molar-refractivity contribution in [2.45, 2.75) is 6.54 Å². The van der Waals surface area contributed by atoms with E-state index in [1.807, 2.05) is 30.3 Å². The standard InChI is InChI=1S/C18H21N3O3/c1-19(14-15-6-3-2-4-7-15)18(23)21-11-9-20(10-12-21)17(22)16-8-5-13-24-16/h2-8,13H,9-12,14H2,1H3. The van der Waals surface area contributed by atoms with E-state index >= 15 is 0 Å². The van der Waals surface area contributed by atoms with Gasteiger partial charge in [0.05, 0.1) is 6.26 Å². The van der Waals surface area contributed by atoms with Crippen LogP contribution in [-0.4, -0.2) is 59.9 Å². The van der Waals surface area contributed by atoms with E-state index in [1.54, 1.807) is 33.9 Å². The van der Waals surface area contributed by atoms with Gasteiger partial charge in [-0.05, 0) is 17.7 Å². The molecule has 6 heteroatoms. The minimum absolute atomic E-state index is 0.0102. The molecule has 0 saturated carbocycles. The second kappa shape index (κ2) is 7.21. The van der Waals surface area contributed by atoms with Gasteiger partial charge < -0.3 is 19.1 Å². The molecule has 0 N–H and O–H groups in total. The van der Waals surface area contributed by atoms with Gasteiger partial charge in [0, 0.05) is 39.8 Å². The van der Waals surface area contributed by atoms with Gasteiger partial charge in [0.25, 0.3) is 5.91 Å². The smallest absolute Gasteiger partial charge is 0.320 e. The van der Waals surface area contributed by atoms with Crippen LogP contribution in [0.3, 0.4) is 0 Å². The number of carbonyl (C=O) groups is 2. The first kappa shape index (κ1) is 16.1. The Labute approximate surface area is 141 Å². The highest BCUT2D eigenvalue weighted by molar-refractivity contribution is 5.91. The predicted octanol–water partition coefficient (Wildman–Crippen LogP) is 2.29. The second-order valence-electron chi connectivity index (χ2n) is 5.88. The lowest BCUT2D eigenvalue weighted by Gasteiger charge is -2.36. The summed E-state index contributed by atoms with van der Waals surface area (Å²) in [5.41, 5.74) is 1.10. The monoisotopic (exact) mass is 327 g/mol. The van der Waals surface area contributed by atoms with Crippen LogP contribution < -0.4 is 0 Å². The fourth-order valence-corrected chi connectivity index (χ4v) is 2.82. The van der Waals surface area contributed by atoms with Gasteiger partial charge in [0.2, 0.25) is 0 Å². The molecule has 0 atom stereocenters. The number of furan rings is 1. The van der Waals surface area contributed by atoms with Crippen LogP contribution in [0.25, 0.3) is 0 Å². The molecule has 0 spiro atoms. The molecule has 126 valence electrons. The molecule has 2 aromatic rings. The average molecular weight is 327 g/mol. The minimum atomic E-state index is -0.121. The Hall–Kier alpha value is -2.76. The van der Waals surface area contributed by atoms with Gasteiger partial charge in [-0.3, -0.25) is 4.79 Å². The van der Waals surface area contributed by atoms with E-state index in [2.05, 4.69) is 0 Å². The van der Waals surface area contributed by atoms with E-state index < -0.39 is 0 Å². The van der Waals surface area contributed by atoms with Crippen LogP contribution in [0.15, 0.2) is 53.1 Å². The summed E-state index contributed by atoms with van der Waals surface area (Å²) in [6.45, 7) is 2.68. The predicted molar refractivity (Wildman–Crippen MR) is 89.5 cm³/mol. The van der Waals surface area contributed by atoms with Gasteiger partial charge >= 0.3 is 6.03 Å². The third-order valence-corrected chi connectivity index (χ3v) is 4.16. The van der Waals surface area contributed by atoms with Gasteiger partial charge in [-0.1, -0.05) is 30.3 Å². The summed E-state index contributed by atoms with van der Waals surface area (Å²) in [5.74, 6) is 0.223. The first-order chi connectivity index (χ1) is 11.6. The molecular weight excluding hydrogens is 306 g/mol. The zero-order valence-electron chi connectivity index (χ0n) is 13.7. The van der Waals surface area contributed by atoms with Crippen LogP contribution in [0.4, 0.5) is 4.79 Å². The maximum absolute atomic E-state index is 12.5. The molecule has 0 aliphatic carbocycles. The number of carbonyl (C=O) groups excluding carboxylic acids is 2. The van der Waals surface area contributed by atoms with Crippen molar-refractivity contribution >= 4 is 11.9 Å². The highest BCUT2D eigenvalue weighted by atomic mass is 16.3. The summed E-state index contributed by atoms with van der Waals surface area (Å²) < 4.78 is 5.15. The van der Waals surface area contributed by atoms with Crippen molar-refractivity contribution in [1.29, 1.82) is 0 Å². The second-order valence-corrected chi connectivity index (χ2v) is 5.88. The summed E-state index contributed by atoms with van der Waals surface area (Å²) in [7, 11) is 1.80. The molecule has 1 aromatic heterocycles. The number of amides is 3. The molecule has 1 fully saturated rings. The van der Waals surface area contributed by atoms with Gasteiger partial charge in [-0.2, -0.15) is 0 Å². The Morgan fingerprint density at radius 3 is 2.29 bits per heavy atom. The lowest BCUT2D eigenvalue weighted by Crippen LogP contribution is -2.53. The average Bonchev–Trinajstić information content (AvgIpc) is 3.16. The molecule has 6 nitrogen and oxygen atoms in total. The number of nitrogens with zero attached hydrogens (tertiary/aromatic N) is 3. The lowest BCUT2D eigenvalue weighted by molar-refractivity contribution is 0.0614. The number of hydrogen-bond acceptors (Lipinski definition) is 3. The van der Waals surface area contributed by atoms with Gasteiger partial charge in [0.15, 0.2) is 5.76 Å². The van der Waals surface area contributed by atoms with Crippen LogP contribution >= 0.6 is 0 Å². The van der Waals surface area contributed by atoms with E-state index in [-0.39, 0.29) is 11.9 Å². The zero-order valence-corrected chi connectivity index (χ0v) is 13.7. The minimum Gasteiger partial charge on any atom is -0.459 e. The topological polar surface area (TPSA) is 57.0 Å². The molecule has 3 amide bonds. The van der Waals surface area contributed by atoms with Crippen LogP contribution in [0, 0.1) is 0 Å². The van der Waals surface area contributed by atoms with Crippen LogP contribution in [0.2, 0.25) is 0 Å². The van der Waals surface area contributed by atoms with Crippen LogP contribution in [0.5, 0.6) is 0 Å². The molecule has 24 heavy (non-hydrogen) atoms. The quantitative estimate of drug-likeness (QED) is 0.869. The van der Waals surface area contributed by atoms with Crippen LogP contribution in [-0.2, 0) is 6.54 Å². The van der Waals surface area contributed by atoms with E-state index in [1.165, 1.54) is 6.26 Å². The highest BCUT2D eigenvalue weighted by Gasteiger charge is 2.27. The van der Waals surface area contributed by atoms with Gasteiger partial charge in [0.1, 0.15) is 0 Å². The fourth-order valence-electron chi connectivity index (χ4n) is 2.82. The summed E-state index contributed by atoms with van der Waals surface area (Å²) >= 11 is 0. The van der Waals surface area contributed by atoms with E-state index in [4.69, 9.17) is 4.42 Å². The zero-order chi connectivity index (χ0) is 16.9. The Morgan fingerprint density at radius 2 is 1.67 bits per heavy atom. The Morgan fingerprint density at radius 1 is 1.00 bits per heavy atom. The molecule has 1 aromatic carbocycles. The summed E-state index contributed by atoms with van der Waals surface area (Å²) in [4.78, 5) is 30.0. The van der Waals surface area contributed by atoms with Crippen molar-refractivity contribution in [3.8, 4) is 0 Å². The van der Waals surface area contributed by atoms with Crippen molar-refractivity contribution in [2.24, 2.45) is 0 Å². The molecule has 0 bridgehead atoms.